The van der Waals surface area contributed by atoms with Crippen LogP contribution >= 0.6 is 23.2 Å². The van der Waals surface area contributed by atoms with Crippen molar-refractivity contribution in [3.05, 3.63) is 58.1 Å². The average molecular weight is 395 g/mol. The van der Waals surface area contributed by atoms with Crippen LogP contribution in [0.5, 0.6) is 0 Å². The molecule has 26 heavy (non-hydrogen) atoms. The number of hydrogen-bond donors (Lipinski definition) is 1. The Morgan fingerprint density at radius 1 is 1.04 bits per heavy atom. The Morgan fingerprint density at radius 3 is 2.08 bits per heavy atom. The van der Waals surface area contributed by atoms with Gasteiger partial charge in [-0.2, -0.15) is 0 Å². The highest BCUT2D eigenvalue weighted by molar-refractivity contribution is 6.41. The maximum Gasteiger partial charge on any atom is 0.329 e. The van der Waals surface area contributed by atoms with Crippen LogP contribution in [0.15, 0.2) is 42.5 Å². The number of rotatable bonds is 5. The first-order chi connectivity index (χ1) is 12.2. The lowest BCUT2D eigenvalue weighted by molar-refractivity contribution is -0.148. The average Bonchev–Trinajstić information content (AvgIpc) is 2.54. The Balaban J connectivity index is 2.51. The molecule has 2 aromatic rings. The number of ether oxygens (including phenoxy) is 1. The van der Waals surface area contributed by atoms with Crippen molar-refractivity contribution in [2.75, 3.05) is 10.6 Å². The van der Waals surface area contributed by atoms with Crippen molar-refractivity contribution in [3.8, 4) is 0 Å². The van der Waals surface area contributed by atoms with E-state index >= 15 is 0 Å². The fourth-order valence-electron chi connectivity index (χ4n) is 2.46. The Bertz CT molecular complexity index is 787. The lowest BCUT2D eigenvalue weighted by atomic mass is 10.1. The van der Waals surface area contributed by atoms with E-state index in [1.807, 2.05) is 6.07 Å². The second-order valence-corrected chi connectivity index (χ2v) is 6.85. The number of nitrogens with two attached hydrogens (primary N) is 1. The van der Waals surface area contributed by atoms with Crippen molar-refractivity contribution < 1.29 is 14.3 Å². The molecule has 2 N–H and O–H groups in total. The fourth-order valence-corrected chi connectivity index (χ4v) is 3.12. The first kappa shape index (κ1) is 20.1. The van der Waals surface area contributed by atoms with E-state index in [4.69, 9.17) is 33.7 Å². The van der Waals surface area contributed by atoms with Crippen LogP contribution in [0, 0.1) is 0 Å². The molecule has 2 rings (SSSR count). The molecule has 5 nitrogen and oxygen atoms in total. The van der Waals surface area contributed by atoms with Gasteiger partial charge in [0.15, 0.2) is 0 Å². The molecular formula is C19H20Cl2N2O3. The van der Waals surface area contributed by atoms with Crippen LogP contribution < -0.4 is 10.6 Å². The predicted octanol–water partition coefficient (Wildman–Crippen LogP) is 4.56. The second-order valence-electron chi connectivity index (χ2n) is 6.03. The van der Waals surface area contributed by atoms with E-state index in [1.54, 1.807) is 45.0 Å². The SMILES string of the molecule is CC(C)OC(=O)[C@H](C)N(C(=O)c1c(Cl)cc(N)cc1Cl)c1ccccc1. The number of anilines is 2. The molecule has 0 unspecified atom stereocenters. The Kier molecular flexibility index (Phi) is 6.51. The largest absolute Gasteiger partial charge is 0.461 e. The predicted molar refractivity (Wildman–Crippen MR) is 105 cm³/mol. The number of hydrogen-bond acceptors (Lipinski definition) is 4. The van der Waals surface area contributed by atoms with Gasteiger partial charge in [-0.15, -0.1) is 0 Å². The third kappa shape index (κ3) is 4.48. The van der Waals surface area contributed by atoms with Crippen molar-refractivity contribution >= 4 is 46.5 Å². The summed E-state index contributed by atoms with van der Waals surface area (Å²) in [5.41, 5.74) is 6.66. The van der Waals surface area contributed by atoms with Crippen LogP contribution in [0.1, 0.15) is 31.1 Å². The summed E-state index contributed by atoms with van der Waals surface area (Å²) < 4.78 is 5.26. The zero-order valence-electron chi connectivity index (χ0n) is 14.7. The van der Waals surface area contributed by atoms with Gasteiger partial charge in [0.25, 0.3) is 5.91 Å². The molecule has 0 radical (unpaired) electrons. The minimum atomic E-state index is -0.878. The number of amides is 1. The van der Waals surface area contributed by atoms with Crippen molar-refractivity contribution in [2.24, 2.45) is 0 Å². The van der Waals surface area contributed by atoms with Gasteiger partial charge in [-0.1, -0.05) is 41.4 Å². The molecule has 138 valence electrons. The van der Waals surface area contributed by atoms with E-state index < -0.39 is 17.9 Å². The monoisotopic (exact) mass is 394 g/mol. The van der Waals surface area contributed by atoms with E-state index in [-0.39, 0.29) is 21.7 Å². The first-order valence-electron chi connectivity index (χ1n) is 8.06. The summed E-state index contributed by atoms with van der Waals surface area (Å²) >= 11 is 12.4. The molecule has 1 amide bonds. The van der Waals surface area contributed by atoms with Gasteiger partial charge in [0, 0.05) is 11.4 Å². The number of carbonyl (C=O) groups excluding carboxylic acids is 2. The van der Waals surface area contributed by atoms with E-state index in [9.17, 15) is 9.59 Å². The highest BCUT2D eigenvalue weighted by atomic mass is 35.5. The van der Waals surface area contributed by atoms with Gasteiger partial charge in [0.2, 0.25) is 0 Å². The van der Waals surface area contributed by atoms with Crippen LogP contribution in [0.2, 0.25) is 10.0 Å². The molecule has 0 saturated heterocycles. The number of esters is 1. The molecule has 0 aliphatic heterocycles. The summed E-state index contributed by atoms with van der Waals surface area (Å²) in [4.78, 5) is 27.0. The molecule has 7 heteroatoms. The maximum absolute atomic E-state index is 13.2. The molecule has 0 heterocycles. The normalized spacial score (nSPS) is 11.9. The summed E-state index contributed by atoms with van der Waals surface area (Å²) in [5.74, 6) is -1.04. The Morgan fingerprint density at radius 2 is 1.58 bits per heavy atom. The topological polar surface area (TPSA) is 72.6 Å². The molecule has 2 aromatic carbocycles. The minimum Gasteiger partial charge on any atom is -0.461 e. The molecule has 0 aliphatic carbocycles. The third-order valence-corrected chi connectivity index (χ3v) is 4.21. The summed E-state index contributed by atoms with van der Waals surface area (Å²) in [6, 6.07) is 10.8. The van der Waals surface area contributed by atoms with Crippen molar-refractivity contribution in [3.63, 3.8) is 0 Å². The molecular weight excluding hydrogens is 375 g/mol. The number of benzene rings is 2. The van der Waals surface area contributed by atoms with Crippen molar-refractivity contribution in [1.29, 1.82) is 0 Å². The zero-order chi connectivity index (χ0) is 19.4. The smallest absolute Gasteiger partial charge is 0.329 e. The molecule has 0 fully saturated rings. The lowest BCUT2D eigenvalue weighted by Gasteiger charge is -2.29. The maximum atomic E-state index is 13.2. The summed E-state index contributed by atoms with van der Waals surface area (Å²) in [6.07, 6.45) is -0.304. The quantitative estimate of drug-likeness (QED) is 0.595. The number of halogens is 2. The van der Waals surface area contributed by atoms with Crippen LogP contribution in [-0.2, 0) is 9.53 Å². The Labute approximate surface area is 162 Å². The Hall–Kier alpha value is -2.24. The standard InChI is InChI=1S/C19H20Cl2N2O3/c1-11(2)26-19(25)12(3)23(14-7-5-4-6-8-14)18(24)17-15(20)9-13(22)10-16(17)21/h4-12H,22H2,1-3H3/t12-/m0/s1. The first-order valence-corrected chi connectivity index (χ1v) is 8.81. The highest BCUT2D eigenvalue weighted by Crippen LogP contribution is 2.31. The van der Waals surface area contributed by atoms with Gasteiger partial charge in [-0.3, -0.25) is 9.69 Å². The van der Waals surface area contributed by atoms with Gasteiger partial charge in [0.1, 0.15) is 6.04 Å². The number of nitrogen functional groups attached to an aromatic ring is 1. The fraction of sp³-hybridized carbons (Fsp3) is 0.263. The van der Waals surface area contributed by atoms with Gasteiger partial charge in [0.05, 0.1) is 21.7 Å². The van der Waals surface area contributed by atoms with Crippen LogP contribution in [0.4, 0.5) is 11.4 Å². The lowest BCUT2D eigenvalue weighted by Crippen LogP contribution is -2.45. The number of para-hydroxylation sites is 1. The van der Waals surface area contributed by atoms with E-state index in [2.05, 4.69) is 0 Å². The van der Waals surface area contributed by atoms with Crippen LogP contribution in [0.3, 0.4) is 0 Å². The van der Waals surface area contributed by atoms with Crippen LogP contribution in [0.25, 0.3) is 0 Å². The summed E-state index contributed by atoms with van der Waals surface area (Å²) in [6.45, 7) is 5.08. The molecule has 0 bridgehead atoms. The summed E-state index contributed by atoms with van der Waals surface area (Å²) in [5, 5.41) is 0.232. The highest BCUT2D eigenvalue weighted by Gasteiger charge is 2.32. The van der Waals surface area contributed by atoms with Gasteiger partial charge in [-0.25, -0.2) is 4.79 Å². The van der Waals surface area contributed by atoms with Gasteiger partial charge < -0.3 is 10.5 Å². The molecule has 0 aliphatic rings. The third-order valence-electron chi connectivity index (χ3n) is 3.61. The van der Waals surface area contributed by atoms with Crippen molar-refractivity contribution in [2.45, 2.75) is 32.9 Å². The number of carbonyl (C=O) groups is 2. The van der Waals surface area contributed by atoms with Gasteiger partial charge in [-0.05, 0) is 45.0 Å². The van der Waals surface area contributed by atoms with Gasteiger partial charge >= 0.3 is 5.97 Å². The van der Waals surface area contributed by atoms with Crippen LogP contribution in [-0.4, -0.2) is 24.0 Å². The van der Waals surface area contributed by atoms with E-state index in [0.717, 1.165) is 0 Å². The molecule has 1 atom stereocenters. The van der Waals surface area contributed by atoms with E-state index in [0.29, 0.717) is 11.4 Å². The second kappa shape index (κ2) is 8.43. The number of nitrogens with zero attached hydrogens (tertiary/aromatic N) is 1. The van der Waals surface area contributed by atoms with Crippen molar-refractivity contribution in [1.82, 2.24) is 0 Å². The molecule has 0 spiro atoms. The summed E-state index contributed by atoms with van der Waals surface area (Å²) in [7, 11) is 0. The molecule has 0 aromatic heterocycles. The van der Waals surface area contributed by atoms with E-state index in [1.165, 1.54) is 17.0 Å². The zero-order valence-corrected chi connectivity index (χ0v) is 16.2. The minimum absolute atomic E-state index is 0.0792. The molecule has 0 saturated carbocycles.